The molecule has 4 heteroatoms. The van der Waals surface area contributed by atoms with Crippen LogP contribution in [0.3, 0.4) is 0 Å². The minimum Gasteiger partial charge on any atom is -0.459 e. The summed E-state index contributed by atoms with van der Waals surface area (Å²) in [4.78, 5) is 1.62. The van der Waals surface area contributed by atoms with Crippen LogP contribution in [-0.4, -0.2) is 22.2 Å². The Kier molecular flexibility index (Phi) is 2.51. The Morgan fingerprint density at radius 3 is 2.37 bits per heavy atom. The Hall–Kier alpha value is -0.846. The van der Waals surface area contributed by atoms with Gasteiger partial charge in [-0.3, -0.25) is 0 Å². The molecule has 19 heavy (non-hydrogen) atoms. The molecule has 102 valence electrons. The largest absolute Gasteiger partial charge is 0.459 e. The summed E-state index contributed by atoms with van der Waals surface area (Å²) < 4.78 is 12.6. The lowest BCUT2D eigenvalue weighted by atomic mass is 10.0. The van der Waals surface area contributed by atoms with E-state index in [1.807, 2.05) is 12.1 Å². The van der Waals surface area contributed by atoms with Crippen LogP contribution in [0.5, 0.6) is 5.75 Å². The summed E-state index contributed by atoms with van der Waals surface area (Å²) in [5, 5.41) is 0. The van der Waals surface area contributed by atoms with Crippen LogP contribution in [0.1, 0.15) is 12.5 Å². The summed E-state index contributed by atoms with van der Waals surface area (Å²) in [6.45, 7) is 14.0. The third kappa shape index (κ3) is 1.77. The predicted octanol–water partition coefficient (Wildman–Crippen LogP) is 4.20. The third-order valence-corrected chi connectivity index (χ3v) is 12.1. The fraction of sp³-hybridized carbons (Fsp3) is 0.467. The smallest absolute Gasteiger partial charge is 0.225 e. The van der Waals surface area contributed by atoms with E-state index in [1.54, 1.807) is 4.82 Å². The van der Waals surface area contributed by atoms with Crippen LogP contribution in [-0.2, 0) is 4.43 Å². The molecule has 0 radical (unpaired) electrons. The van der Waals surface area contributed by atoms with Gasteiger partial charge in [-0.25, -0.2) is 0 Å². The van der Waals surface area contributed by atoms with E-state index in [1.165, 1.54) is 11.1 Å². The maximum absolute atomic E-state index is 6.46. The molecule has 1 unspecified atom stereocenters. The van der Waals surface area contributed by atoms with Crippen molar-refractivity contribution in [1.29, 1.82) is 0 Å². The number of rotatable bonds is 1. The Bertz CT molecular complexity index is 584. The zero-order chi connectivity index (χ0) is 14.1. The van der Waals surface area contributed by atoms with Gasteiger partial charge >= 0.3 is 0 Å². The maximum atomic E-state index is 6.46. The molecule has 3 rings (SSSR count). The molecule has 0 amide bonds. The van der Waals surface area contributed by atoms with Crippen molar-refractivity contribution < 1.29 is 9.16 Å². The average Bonchev–Trinajstić information content (AvgIpc) is 2.59. The number of benzene rings is 1. The van der Waals surface area contributed by atoms with E-state index < -0.39 is 22.2 Å². The lowest BCUT2D eigenvalue weighted by Gasteiger charge is -2.30. The molecule has 0 spiro atoms. The molecule has 2 heterocycles. The summed E-state index contributed by atoms with van der Waals surface area (Å²) in [6, 6.07) is 8.34. The van der Waals surface area contributed by atoms with Gasteiger partial charge < -0.3 is 9.16 Å². The first-order valence-electron chi connectivity index (χ1n) is 6.89. The average molecular weight is 291 g/mol. The maximum Gasteiger partial charge on any atom is 0.225 e. The molecule has 0 aromatic heterocycles. The molecule has 0 bridgehead atoms. The Balaban J connectivity index is 2.33. The Labute approximate surface area is 117 Å². The predicted molar refractivity (Wildman–Crippen MR) is 84.3 cm³/mol. The van der Waals surface area contributed by atoms with Gasteiger partial charge in [-0.15, -0.1) is 0 Å². The van der Waals surface area contributed by atoms with Crippen molar-refractivity contribution in [2.75, 3.05) is 0 Å². The summed E-state index contributed by atoms with van der Waals surface area (Å²) in [5.74, 6) is 0.426. The molecule has 2 aliphatic rings. The van der Waals surface area contributed by atoms with Gasteiger partial charge in [0, 0.05) is 18.1 Å². The second-order valence-electron chi connectivity index (χ2n) is 7.16. The minimum absolute atomic E-state index is 0.547. The van der Waals surface area contributed by atoms with Gasteiger partial charge in [0.2, 0.25) is 14.1 Å². The normalized spacial score (nSPS) is 28.1. The lowest BCUT2D eigenvalue weighted by molar-refractivity contribution is -0.0340. The van der Waals surface area contributed by atoms with Crippen LogP contribution in [0.25, 0.3) is 5.57 Å². The molecule has 0 saturated heterocycles. The number of hydrogen-bond acceptors (Lipinski definition) is 2. The van der Waals surface area contributed by atoms with E-state index >= 15 is 0 Å². The van der Waals surface area contributed by atoms with Gasteiger partial charge in [-0.1, -0.05) is 42.7 Å². The highest BCUT2D eigenvalue weighted by atomic mass is 28.4. The van der Waals surface area contributed by atoms with Crippen molar-refractivity contribution in [3.05, 3.63) is 34.6 Å². The molecule has 0 fully saturated rings. The van der Waals surface area contributed by atoms with Crippen molar-refractivity contribution in [2.45, 2.75) is 45.4 Å². The Morgan fingerprint density at radius 1 is 1.11 bits per heavy atom. The molecule has 0 N–H and O–H groups in total. The SMILES string of the molecule is CC12Oc3ccccc3C1=C([Si](C)(C)C)[Si](C)(C)O2. The topological polar surface area (TPSA) is 18.5 Å². The molecule has 1 aromatic carbocycles. The highest BCUT2D eigenvalue weighted by Crippen LogP contribution is 2.55. The van der Waals surface area contributed by atoms with Gasteiger partial charge in [-0.2, -0.15) is 0 Å². The minimum atomic E-state index is -1.83. The second kappa shape index (κ2) is 3.62. The van der Waals surface area contributed by atoms with Crippen LogP contribution in [0.15, 0.2) is 29.1 Å². The fourth-order valence-corrected chi connectivity index (χ4v) is 14.5. The standard InChI is InChI=1S/C15H22O2Si2/c1-15-13(11-9-7-8-10-12(11)16-15)14(18(2,3)4)19(5,6)17-15/h7-10H,1-6H3. The molecule has 1 atom stereocenters. The van der Waals surface area contributed by atoms with Gasteiger partial charge in [-0.05, 0) is 19.2 Å². The van der Waals surface area contributed by atoms with Gasteiger partial charge in [0.05, 0.1) is 8.07 Å². The molecule has 2 nitrogen and oxygen atoms in total. The quantitative estimate of drug-likeness (QED) is 0.722. The second-order valence-corrected chi connectivity index (χ2v) is 16.4. The van der Waals surface area contributed by atoms with Gasteiger partial charge in [0.15, 0.2) is 0 Å². The first-order valence-corrected chi connectivity index (χ1v) is 13.3. The molecule has 0 aliphatic carbocycles. The first-order chi connectivity index (χ1) is 8.65. The van der Waals surface area contributed by atoms with Crippen molar-refractivity contribution >= 4 is 22.0 Å². The number of hydrogen-bond donors (Lipinski definition) is 0. The van der Waals surface area contributed by atoms with Crippen molar-refractivity contribution in [3.63, 3.8) is 0 Å². The zero-order valence-electron chi connectivity index (χ0n) is 12.6. The van der Waals surface area contributed by atoms with Crippen LogP contribution >= 0.6 is 0 Å². The van der Waals surface area contributed by atoms with E-state index in [2.05, 4.69) is 51.8 Å². The monoisotopic (exact) mass is 290 g/mol. The van der Waals surface area contributed by atoms with Crippen LogP contribution < -0.4 is 4.74 Å². The first kappa shape index (κ1) is 13.2. The van der Waals surface area contributed by atoms with E-state index in [0.717, 1.165) is 5.75 Å². The highest BCUT2D eigenvalue weighted by molar-refractivity contribution is 7.04. The number of ether oxygens (including phenoxy) is 1. The summed E-state index contributed by atoms with van der Waals surface area (Å²) in [7, 11) is -3.25. The van der Waals surface area contributed by atoms with Crippen molar-refractivity contribution in [3.8, 4) is 5.75 Å². The summed E-state index contributed by atoms with van der Waals surface area (Å²) in [6.07, 6.45) is 0. The fourth-order valence-electron chi connectivity index (χ4n) is 3.82. The van der Waals surface area contributed by atoms with Crippen molar-refractivity contribution in [1.82, 2.24) is 0 Å². The number of fused-ring (bicyclic) bond motifs is 3. The number of para-hydroxylation sites is 1. The van der Waals surface area contributed by atoms with Crippen LogP contribution in [0.2, 0.25) is 32.7 Å². The molecule has 1 aromatic rings. The molecular weight excluding hydrogens is 268 g/mol. The lowest BCUT2D eigenvalue weighted by Crippen LogP contribution is -2.44. The van der Waals surface area contributed by atoms with E-state index in [-0.39, 0.29) is 0 Å². The van der Waals surface area contributed by atoms with Gasteiger partial charge in [0.25, 0.3) is 0 Å². The van der Waals surface area contributed by atoms with E-state index in [0.29, 0.717) is 0 Å². The van der Waals surface area contributed by atoms with Crippen LogP contribution in [0.4, 0.5) is 0 Å². The van der Waals surface area contributed by atoms with Crippen LogP contribution in [0, 0.1) is 0 Å². The summed E-state index contributed by atoms with van der Waals surface area (Å²) in [5.41, 5.74) is 2.60. The molecule has 0 saturated carbocycles. The molecular formula is C15H22O2Si2. The van der Waals surface area contributed by atoms with Gasteiger partial charge in [0.1, 0.15) is 5.75 Å². The molecule has 2 aliphatic heterocycles. The van der Waals surface area contributed by atoms with E-state index in [9.17, 15) is 0 Å². The zero-order valence-corrected chi connectivity index (χ0v) is 14.6. The Morgan fingerprint density at radius 2 is 1.74 bits per heavy atom. The van der Waals surface area contributed by atoms with Crippen molar-refractivity contribution in [2.24, 2.45) is 0 Å². The van der Waals surface area contributed by atoms with E-state index in [4.69, 9.17) is 9.16 Å². The summed E-state index contributed by atoms with van der Waals surface area (Å²) >= 11 is 0. The highest BCUT2D eigenvalue weighted by Gasteiger charge is 2.57. The third-order valence-electron chi connectivity index (χ3n) is 3.97.